The van der Waals surface area contributed by atoms with Gasteiger partial charge in [0.15, 0.2) is 0 Å². The lowest BCUT2D eigenvalue weighted by molar-refractivity contribution is 0.532. The van der Waals surface area contributed by atoms with Crippen LogP contribution in [0.15, 0.2) is 16.7 Å². The van der Waals surface area contributed by atoms with Gasteiger partial charge in [-0.2, -0.15) is 0 Å². The van der Waals surface area contributed by atoms with Gasteiger partial charge in [0.05, 0.1) is 16.4 Å². The Morgan fingerprint density at radius 1 is 1.16 bits per heavy atom. The molecule has 2 N–H and O–H groups in total. The molecule has 1 rings (SSSR count). The lowest BCUT2D eigenvalue weighted by Gasteiger charge is -2.26. The summed E-state index contributed by atoms with van der Waals surface area (Å²) in [5.74, 6) is 2.42. The van der Waals surface area contributed by atoms with Gasteiger partial charge in [0.2, 0.25) is 0 Å². The maximum atomic E-state index is 5.76. The van der Waals surface area contributed by atoms with Gasteiger partial charge in [0.1, 0.15) is 5.82 Å². The molecule has 19 heavy (non-hydrogen) atoms. The van der Waals surface area contributed by atoms with Crippen molar-refractivity contribution in [2.45, 2.75) is 40.5 Å². The fourth-order valence-corrected chi connectivity index (χ4v) is 2.45. The number of anilines is 2. The largest absolute Gasteiger partial charge is 0.397 e. The first-order valence-electron chi connectivity index (χ1n) is 7.06. The maximum absolute atomic E-state index is 5.76. The smallest absolute Gasteiger partial charge is 0.143 e. The molecule has 4 heteroatoms. The summed E-state index contributed by atoms with van der Waals surface area (Å²) in [4.78, 5) is 6.85. The SMILES string of the molecule is CC(C)CCN(CCC(C)C)c1ncc(N)cc1Br. The number of hydrogen-bond donors (Lipinski definition) is 1. The van der Waals surface area contributed by atoms with Crippen LogP contribution in [0.1, 0.15) is 40.5 Å². The van der Waals surface area contributed by atoms with Gasteiger partial charge in [0.25, 0.3) is 0 Å². The molecule has 0 amide bonds. The third-order valence-corrected chi connectivity index (χ3v) is 3.68. The predicted molar refractivity (Wildman–Crippen MR) is 87.5 cm³/mol. The normalized spacial score (nSPS) is 11.3. The summed E-state index contributed by atoms with van der Waals surface area (Å²) in [5, 5.41) is 0. The van der Waals surface area contributed by atoms with E-state index in [0.717, 1.165) is 23.4 Å². The summed E-state index contributed by atoms with van der Waals surface area (Å²) in [7, 11) is 0. The van der Waals surface area contributed by atoms with E-state index < -0.39 is 0 Å². The minimum Gasteiger partial charge on any atom is -0.397 e. The van der Waals surface area contributed by atoms with E-state index in [-0.39, 0.29) is 0 Å². The molecule has 0 radical (unpaired) electrons. The molecular weight excluding hydrogens is 302 g/mol. The van der Waals surface area contributed by atoms with Crippen LogP contribution in [0.5, 0.6) is 0 Å². The molecule has 1 aromatic heterocycles. The summed E-state index contributed by atoms with van der Waals surface area (Å²) in [6, 6.07) is 1.93. The van der Waals surface area contributed by atoms with Crippen molar-refractivity contribution in [1.82, 2.24) is 4.98 Å². The van der Waals surface area contributed by atoms with Crippen LogP contribution in [0.2, 0.25) is 0 Å². The molecule has 1 heterocycles. The second kappa shape index (κ2) is 7.73. The number of rotatable bonds is 7. The van der Waals surface area contributed by atoms with E-state index in [1.165, 1.54) is 12.8 Å². The number of aromatic nitrogens is 1. The van der Waals surface area contributed by atoms with Crippen molar-refractivity contribution < 1.29 is 0 Å². The molecule has 0 spiro atoms. The highest BCUT2D eigenvalue weighted by atomic mass is 79.9. The van der Waals surface area contributed by atoms with Gasteiger partial charge in [-0.25, -0.2) is 4.98 Å². The van der Waals surface area contributed by atoms with Gasteiger partial charge < -0.3 is 10.6 Å². The number of hydrogen-bond acceptors (Lipinski definition) is 3. The fraction of sp³-hybridized carbons (Fsp3) is 0.667. The number of nitrogen functional groups attached to an aromatic ring is 1. The molecule has 1 aromatic rings. The van der Waals surface area contributed by atoms with Crippen molar-refractivity contribution in [2.24, 2.45) is 11.8 Å². The van der Waals surface area contributed by atoms with Crippen LogP contribution in [-0.2, 0) is 0 Å². The second-order valence-corrected chi connectivity index (χ2v) is 6.78. The summed E-state index contributed by atoms with van der Waals surface area (Å²) in [6.45, 7) is 11.1. The Kier molecular flexibility index (Phi) is 6.63. The zero-order valence-electron chi connectivity index (χ0n) is 12.5. The predicted octanol–water partition coefficient (Wildman–Crippen LogP) is 4.32. The van der Waals surface area contributed by atoms with E-state index in [0.29, 0.717) is 17.5 Å². The zero-order valence-corrected chi connectivity index (χ0v) is 14.1. The topological polar surface area (TPSA) is 42.2 Å². The Hall–Kier alpha value is -0.770. The Morgan fingerprint density at radius 2 is 1.68 bits per heavy atom. The molecular formula is C15H26BrN3. The van der Waals surface area contributed by atoms with Crippen LogP contribution in [-0.4, -0.2) is 18.1 Å². The first-order valence-corrected chi connectivity index (χ1v) is 7.85. The molecule has 3 nitrogen and oxygen atoms in total. The van der Waals surface area contributed by atoms with Crippen LogP contribution in [0.25, 0.3) is 0 Å². The highest BCUT2D eigenvalue weighted by Gasteiger charge is 2.13. The maximum Gasteiger partial charge on any atom is 0.143 e. The highest BCUT2D eigenvalue weighted by molar-refractivity contribution is 9.10. The van der Waals surface area contributed by atoms with Gasteiger partial charge in [0, 0.05) is 13.1 Å². The van der Waals surface area contributed by atoms with E-state index in [1.807, 2.05) is 6.07 Å². The van der Waals surface area contributed by atoms with Crippen molar-refractivity contribution in [3.63, 3.8) is 0 Å². The molecule has 0 aliphatic rings. The van der Waals surface area contributed by atoms with Crippen LogP contribution < -0.4 is 10.6 Å². The molecule has 0 atom stereocenters. The second-order valence-electron chi connectivity index (χ2n) is 5.93. The molecule has 0 aliphatic carbocycles. The Bertz CT molecular complexity index is 379. The van der Waals surface area contributed by atoms with Crippen LogP contribution >= 0.6 is 15.9 Å². The Morgan fingerprint density at radius 3 is 2.11 bits per heavy atom. The van der Waals surface area contributed by atoms with Crippen LogP contribution in [0.3, 0.4) is 0 Å². The average Bonchev–Trinajstić information content (AvgIpc) is 2.30. The standard InChI is InChI=1S/C15H26BrN3/c1-11(2)5-7-19(8-6-12(3)4)15-14(16)9-13(17)10-18-15/h9-12H,5-8,17H2,1-4H3. The summed E-state index contributed by atoms with van der Waals surface area (Å²) in [5.41, 5.74) is 6.46. The van der Waals surface area contributed by atoms with Crippen LogP contribution in [0, 0.1) is 11.8 Å². The van der Waals surface area contributed by atoms with Crippen molar-refractivity contribution in [3.05, 3.63) is 16.7 Å². The average molecular weight is 328 g/mol. The van der Waals surface area contributed by atoms with E-state index in [1.54, 1.807) is 6.20 Å². The zero-order chi connectivity index (χ0) is 14.4. The molecule has 0 saturated heterocycles. The van der Waals surface area contributed by atoms with E-state index >= 15 is 0 Å². The molecule has 0 aliphatic heterocycles. The summed E-state index contributed by atoms with van der Waals surface area (Å²) < 4.78 is 0.986. The fourth-order valence-electron chi connectivity index (χ4n) is 1.83. The van der Waals surface area contributed by atoms with E-state index in [2.05, 4.69) is 53.5 Å². The minimum atomic E-state index is 0.697. The summed E-state index contributed by atoms with van der Waals surface area (Å²) >= 11 is 3.58. The van der Waals surface area contributed by atoms with Gasteiger partial charge in [-0.15, -0.1) is 0 Å². The van der Waals surface area contributed by atoms with Crippen LogP contribution in [0.4, 0.5) is 11.5 Å². The van der Waals surface area contributed by atoms with E-state index in [9.17, 15) is 0 Å². The molecule has 0 aromatic carbocycles. The lowest BCUT2D eigenvalue weighted by Crippen LogP contribution is -2.28. The number of nitrogens with two attached hydrogens (primary N) is 1. The van der Waals surface area contributed by atoms with Crippen molar-refractivity contribution >= 4 is 27.4 Å². The minimum absolute atomic E-state index is 0.697. The monoisotopic (exact) mass is 327 g/mol. The summed E-state index contributed by atoms with van der Waals surface area (Å²) in [6.07, 6.45) is 4.09. The quantitative estimate of drug-likeness (QED) is 0.810. The third-order valence-electron chi connectivity index (χ3n) is 3.10. The van der Waals surface area contributed by atoms with Crippen molar-refractivity contribution in [2.75, 3.05) is 23.7 Å². The van der Waals surface area contributed by atoms with Gasteiger partial charge in [-0.05, 0) is 46.7 Å². The first kappa shape index (κ1) is 16.3. The lowest BCUT2D eigenvalue weighted by atomic mass is 10.1. The highest BCUT2D eigenvalue weighted by Crippen LogP contribution is 2.26. The first-order chi connectivity index (χ1) is 8.90. The molecule has 0 unspecified atom stereocenters. The van der Waals surface area contributed by atoms with Gasteiger partial charge >= 0.3 is 0 Å². The van der Waals surface area contributed by atoms with Crippen molar-refractivity contribution in [3.8, 4) is 0 Å². The molecule has 0 bridgehead atoms. The number of halogens is 1. The van der Waals surface area contributed by atoms with Crippen molar-refractivity contribution in [1.29, 1.82) is 0 Å². The van der Waals surface area contributed by atoms with E-state index in [4.69, 9.17) is 5.73 Å². The van der Waals surface area contributed by atoms with Gasteiger partial charge in [-0.3, -0.25) is 0 Å². The Balaban J connectivity index is 2.81. The third kappa shape index (κ3) is 5.81. The Labute approximate surface area is 125 Å². The number of pyridine rings is 1. The number of nitrogens with zero attached hydrogens (tertiary/aromatic N) is 2. The molecule has 0 saturated carbocycles. The van der Waals surface area contributed by atoms with Gasteiger partial charge in [-0.1, -0.05) is 27.7 Å². The molecule has 0 fully saturated rings. The molecule has 108 valence electrons.